The largest absolute Gasteiger partial charge is 0.272 e. The van der Waals surface area contributed by atoms with E-state index < -0.39 is 17.2 Å². The SMILES string of the molecule is O=c1[nH]nc(-c2c(F)ccc(Br)c2F)c2ccccc12. The number of nitrogens with one attached hydrogen (secondary N) is 1. The summed E-state index contributed by atoms with van der Waals surface area (Å²) in [5, 5.41) is 6.79. The van der Waals surface area contributed by atoms with Gasteiger partial charge in [0.25, 0.3) is 5.56 Å². The van der Waals surface area contributed by atoms with E-state index in [1.165, 1.54) is 6.07 Å². The summed E-state index contributed by atoms with van der Waals surface area (Å²) in [7, 11) is 0. The van der Waals surface area contributed by atoms with Crippen molar-refractivity contribution in [1.82, 2.24) is 10.2 Å². The summed E-state index contributed by atoms with van der Waals surface area (Å²) >= 11 is 3.01. The lowest BCUT2D eigenvalue weighted by atomic mass is 10.0. The smallest absolute Gasteiger partial charge is 0.267 e. The fraction of sp³-hybridized carbons (Fsp3) is 0. The molecule has 0 spiro atoms. The molecular weight excluding hydrogens is 330 g/mol. The van der Waals surface area contributed by atoms with Crippen molar-refractivity contribution in [3.05, 3.63) is 62.9 Å². The lowest BCUT2D eigenvalue weighted by molar-refractivity contribution is 0.584. The molecule has 0 bridgehead atoms. The second kappa shape index (κ2) is 4.79. The maximum absolute atomic E-state index is 14.2. The quantitative estimate of drug-likeness (QED) is 0.689. The number of aromatic nitrogens is 2. The average molecular weight is 337 g/mol. The Morgan fingerprint density at radius 1 is 1.05 bits per heavy atom. The lowest BCUT2D eigenvalue weighted by Gasteiger charge is -2.08. The van der Waals surface area contributed by atoms with E-state index in [1.54, 1.807) is 24.3 Å². The third kappa shape index (κ3) is 1.92. The van der Waals surface area contributed by atoms with Gasteiger partial charge in [-0.1, -0.05) is 18.2 Å². The fourth-order valence-corrected chi connectivity index (χ4v) is 2.38. The number of aromatic amines is 1. The summed E-state index contributed by atoms with van der Waals surface area (Å²) in [4.78, 5) is 11.7. The Labute approximate surface area is 120 Å². The van der Waals surface area contributed by atoms with Crippen LogP contribution in [-0.4, -0.2) is 10.2 Å². The van der Waals surface area contributed by atoms with E-state index in [4.69, 9.17) is 0 Å². The molecule has 0 aliphatic heterocycles. The van der Waals surface area contributed by atoms with Crippen LogP contribution in [0.5, 0.6) is 0 Å². The van der Waals surface area contributed by atoms with Crippen molar-refractivity contribution in [2.75, 3.05) is 0 Å². The van der Waals surface area contributed by atoms with Gasteiger partial charge in [0.2, 0.25) is 0 Å². The number of H-pyrrole nitrogens is 1. The zero-order valence-corrected chi connectivity index (χ0v) is 11.5. The molecule has 0 unspecified atom stereocenters. The molecule has 20 heavy (non-hydrogen) atoms. The summed E-state index contributed by atoms with van der Waals surface area (Å²) in [6, 6.07) is 8.96. The van der Waals surface area contributed by atoms with Crippen LogP contribution in [0.25, 0.3) is 22.0 Å². The van der Waals surface area contributed by atoms with Crippen molar-refractivity contribution >= 4 is 26.7 Å². The summed E-state index contributed by atoms with van der Waals surface area (Å²) in [5.41, 5.74) is -0.608. The molecule has 1 N–H and O–H groups in total. The minimum absolute atomic E-state index is 0.0662. The van der Waals surface area contributed by atoms with E-state index >= 15 is 0 Å². The zero-order valence-electron chi connectivity index (χ0n) is 9.95. The summed E-state index contributed by atoms with van der Waals surface area (Å²) in [6.07, 6.45) is 0. The van der Waals surface area contributed by atoms with Crippen LogP contribution in [0.1, 0.15) is 0 Å². The molecular formula is C14H7BrF2N2O. The van der Waals surface area contributed by atoms with Gasteiger partial charge in [0.1, 0.15) is 17.3 Å². The average Bonchev–Trinajstić information content (AvgIpc) is 2.46. The van der Waals surface area contributed by atoms with Gasteiger partial charge in [-0.05, 0) is 34.1 Å². The molecule has 1 aromatic heterocycles. The summed E-state index contributed by atoms with van der Waals surface area (Å²) < 4.78 is 28.2. The first-order valence-electron chi connectivity index (χ1n) is 5.71. The predicted molar refractivity (Wildman–Crippen MR) is 75.4 cm³/mol. The van der Waals surface area contributed by atoms with Crippen LogP contribution in [0.4, 0.5) is 8.78 Å². The molecule has 2 aromatic carbocycles. The van der Waals surface area contributed by atoms with Crippen molar-refractivity contribution in [3.8, 4) is 11.3 Å². The van der Waals surface area contributed by atoms with Crippen LogP contribution < -0.4 is 5.56 Å². The Morgan fingerprint density at radius 2 is 1.75 bits per heavy atom. The Morgan fingerprint density at radius 3 is 2.50 bits per heavy atom. The highest BCUT2D eigenvalue weighted by molar-refractivity contribution is 9.10. The Balaban J connectivity index is 2.46. The molecule has 0 atom stereocenters. The maximum Gasteiger partial charge on any atom is 0.272 e. The van der Waals surface area contributed by atoms with E-state index in [1.807, 2.05) is 0 Å². The number of hydrogen-bond donors (Lipinski definition) is 1. The molecule has 3 nitrogen and oxygen atoms in total. The van der Waals surface area contributed by atoms with Gasteiger partial charge in [0, 0.05) is 5.39 Å². The van der Waals surface area contributed by atoms with Crippen LogP contribution >= 0.6 is 15.9 Å². The van der Waals surface area contributed by atoms with Gasteiger partial charge in [-0.15, -0.1) is 0 Å². The van der Waals surface area contributed by atoms with Crippen molar-refractivity contribution in [2.24, 2.45) is 0 Å². The van der Waals surface area contributed by atoms with Crippen molar-refractivity contribution in [3.63, 3.8) is 0 Å². The number of hydrogen-bond acceptors (Lipinski definition) is 2. The fourth-order valence-electron chi connectivity index (χ4n) is 2.05. The van der Waals surface area contributed by atoms with E-state index in [9.17, 15) is 13.6 Å². The Hall–Kier alpha value is -2.08. The van der Waals surface area contributed by atoms with Crippen LogP contribution in [0.3, 0.4) is 0 Å². The predicted octanol–water partition coefficient (Wildman–Crippen LogP) is 3.63. The monoisotopic (exact) mass is 336 g/mol. The van der Waals surface area contributed by atoms with Crippen LogP contribution in [-0.2, 0) is 0 Å². The molecule has 0 amide bonds. The van der Waals surface area contributed by atoms with Crippen molar-refractivity contribution < 1.29 is 8.78 Å². The maximum atomic E-state index is 14.2. The molecule has 0 fully saturated rings. The van der Waals surface area contributed by atoms with Gasteiger partial charge in [-0.3, -0.25) is 4.79 Å². The summed E-state index contributed by atoms with van der Waals surface area (Å²) in [6.45, 7) is 0. The number of fused-ring (bicyclic) bond motifs is 1. The molecule has 0 saturated carbocycles. The van der Waals surface area contributed by atoms with Gasteiger partial charge >= 0.3 is 0 Å². The molecule has 6 heteroatoms. The number of benzene rings is 2. The van der Waals surface area contributed by atoms with Crippen molar-refractivity contribution in [2.45, 2.75) is 0 Å². The molecule has 0 aliphatic carbocycles. The van der Waals surface area contributed by atoms with Gasteiger partial charge in [0.05, 0.1) is 15.4 Å². The molecule has 3 aromatic rings. The third-order valence-electron chi connectivity index (χ3n) is 2.98. The number of nitrogens with zero attached hydrogens (tertiary/aromatic N) is 1. The van der Waals surface area contributed by atoms with E-state index in [2.05, 4.69) is 26.1 Å². The molecule has 1 heterocycles. The lowest BCUT2D eigenvalue weighted by Crippen LogP contribution is -2.10. The molecule has 0 saturated heterocycles. The Kier molecular flexibility index (Phi) is 3.10. The second-order valence-electron chi connectivity index (χ2n) is 4.17. The zero-order chi connectivity index (χ0) is 14.3. The first kappa shape index (κ1) is 12.9. The van der Waals surface area contributed by atoms with Crippen LogP contribution in [0, 0.1) is 11.6 Å². The van der Waals surface area contributed by atoms with Gasteiger partial charge < -0.3 is 0 Å². The van der Waals surface area contributed by atoms with E-state index in [0.29, 0.717) is 10.8 Å². The Bertz CT molecular complexity index is 877. The van der Waals surface area contributed by atoms with Gasteiger partial charge in [-0.25, -0.2) is 13.9 Å². The molecule has 0 radical (unpaired) electrons. The highest BCUT2D eigenvalue weighted by atomic mass is 79.9. The van der Waals surface area contributed by atoms with E-state index in [0.717, 1.165) is 6.07 Å². The highest BCUT2D eigenvalue weighted by Gasteiger charge is 2.18. The summed E-state index contributed by atoms with van der Waals surface area (Å²) in [5.74, 6) is -1.50. The topological polar surface area (TPSA) is 45.8 Å². The third-order valence-corrected chi connectivity index (χ3v) is 3.59. The minimum atomic E-state index is -0.755. The first-order valence-corrected chi connectivity index (χ1v) is 6.50. The van der Waals surface area contributed by atoms with Crippen LogP contribution in [0.2, 0.25) is 0 Å². The normalized spacial score (nSPS) is 10.9. The van der Waals surface area contributed by atoms with Crippen LogP contribution in [0.15, 0.2) is 45.7 Å². The van der Waals surface area contributed by atoms with Gasteiger partial charge in [0.15, 0.2) is 0 Å². The highest BCUT2D eigenvalue weighted by Crippen LogP contribution is 2.32. The standard InChI is InChI=1S/C14H7BrF2N2O/c15-9-5-6-10(16)11(12(9)17)13-7-3-1-2-4-8(7)14(20)19-18-13/h1-6H,(H,19,20). The number of halogens is 3. The minimum Gasteiger partial charge on any atom is -0.267 e. The first-order chi connectivity index (χ1) is 9.59. The number of rotatable bonds is 1. The van der Waals surface area contributed by atoms with Crippen molar-refractivity contribution in [1.29, 1.82) is 0 Å². The second-order valence-corrected chi connectivity index (χ2v) is 5.02. The van der Waals surface area contributed by atoms with Gasteiger partial charge in [-0.2, -0.15) is 5.10 Å². The molecule has 0 aliphatic rings. The molecule has 3 rings (SSSR count). The van der Waals surface area contributed by atoms with E-state index in [-0.39, 0.29) is 15.7 Å². The molecule has 100 valence electrons.